The summed E-state index contributed by atoms with van der Waals surface area (Å²) in [5, 5.41) is 0. The molecule has 0 radical (unpaired) electrons. The van der Waals surface area contributed by atoms with E-state index < -0.39 is 0 Å². The van der Waals surface area contributed by atoms with Crippen molar-refractivity contribution in [2.45, 2.75) is 12.5 Å². The number of rotatable bonds is 1. The molecule has 1 aliphatic rings. The first-order chi connectivity index (χ1) is 7.24. The van der Waals surface area contributed by atoms with E-state index in [-0.39, 0.29) is 6.10 Å². The molecule has 2 nitrogen and oxygen atoms in total. The Labute approximate surface area is 117 Å². The molecule has 1 unspecified atom stereocenters. The molecule has 1 heterocycles. The monoisotopic (exact) mass is 430 g/mol. The molecule has 15 heavy (non-hydrogen) atoms. The van der Waals surface area contributed by atoms with Crippen molar-refractivity contribution >= 4 is 45.2 Å². The molecule has 0 N–H and O–H groups in total. The average Bonchev–Trinajstić information content (AvgIpc) is 2.46. The first kappa shape index (κ1) is 12.1. The first-order valence-corrected chi connectivity index (χ1v) is 6.97. The maximum Gasteiger partial charge on any atom is 0.107 e. The van der Waals surface area contributed by atoms with Crippen molar-refractivity contribution in [2.75, 3.05) is 20.3 Å². The van der Waals surface area contributed by atoms with Crippen molar-refractivity contribution in [2.24, 2.45) is 0 Å². The number of fused-ring (bicyclic) bond motifs is 1. The number of hydrogen-bond donors (Lipinski definition) is 0. The highest BCUT2D eigenvalue weighted by Crippen LogP contribution is 2.32. The van der Waals surface area contributed by atoms with Crippen molar-refractivity contribution in [3.8, 4) is 0 Å². The largest absolute Gasteiger partial charge is 0.378 e. The maximum atomic E-state index is 5.56. The van der Waals surface area contributed by atoms with Gasteiger partial charge in [-0.25, -0.2) is 0 Å². The van der Waals surface area contributed by atoms with Crippen LogP contribution in [-0.4, -0.2) is 20.3 Å². The van der Waals surface area contributed by atoms with E-state index in [2.05, 4.69) is 57.3 Å². The van der Waals surface area contributed by atoms with Crippen LogP contribution >= 0.6 is 45.2 Å². The number of halogens is 2. The van der Waals surface area contributed by atoms with Crippen LogP contribution in [0.2, 0.25) is 0 Å². The van der Waals surface area contributed by atoms with Gasteiger partial charge >= 0.3 is 0 Å². The van der Waals surface area contributed by atoms with Crippen LogP contribution in [0, 0.1) is 7.14 Å². The number of methoxy groups -OCH3 is 1. The van der Waals surface area contributed by atoms with Crippen LogP contribution in [0.5, 0.6) is 0 Å². The Balaban J connectivity index is 2.54. The number of ether oxygens (including phenoxy) is 2. The van der Waals surface area contributed by atoms with E-state index in [0.717, 1.165) is 13.0 Å². The zero-order chi connectivity index (χ0) is 10.8. The summed E-state index contributed by atoms with van der Waals surface area (Å²) in [7, 11) is 1.75. The molecule has 0 spiro atoms. The van der Waals surface area contributed by atoms with Crippen LogP contribution in [0.15, 0.2) is 12.1 Å². The van der Waals surface area contributed by atoms with Crippen LogP contribution in [-0.2, 0) is 15.9 Å². The van der Waals surface area contributed by atoms with Crippen molar-refractivity contribution < 1.29 is 9.47 Å². The zero-order valence-electron chi connectivity index (χ0n) is 8.43. The highest BCUT2D eigenvalue weighted by Gasteiger charge is 2.22. The molecule has 1 aromatic rings. The lowest BCUT2D eigenvalue weighted by Gasteiger charge is -2.17. The summed E-state index contributed by atoms with van der Waals surface area (Å²) >= 11 is 4.77. The minimum Gasteiger partial charge on any atom is -0.378 e. The lowest BCUT2D eigenvalue weighted by Crippen LogP contribution is -2.10. The third-order valence-electron chi connectivity index (χ3n) is 2.62. The molecular formula is C11H12I2O2. The molecule has 1 atom stereocenters. The molecule has 2 rings (SSSR count). The molecule has 82 valence electrons. The van der Waals surface area contributed by atoms with E-state index in [9.17, 15) is 0 Å². The fraction of sp³-hybridized carbons (Fsp3) is 0.455. The van der Waals surface area contributed by atoms with E-state index in [1.165, 1.54) is 18.3 Å². The van der Waals surface area contributed by atoms with Crippen LogP contribution in [0.1, 0.15) is 17.2 Å². The Morgan fingerprint density at radius 3 is 2.80 bits per heavy atom. The standard InChI is InChI=1S/C11H12I2O2/c1-14-10-6-15-5-4-7-8(12)2-3-9(13)11(7)10/h2-3,10H,4-6H2,1H3. The molecule has 0 fully saturated rings. The third kappa shape index (κ3) is 2.48. The van der Waals surface area contributed by atoms with Gasteiger partial charge in [0.15, 0.2) is 0 Å². The maximum absolute atomic E-state index is 5.56. The van der Waals surface area contributed by atoms with Gasteiger partial charge in [-0.1, -0.05) is 0 Å². The van der Waals surface area contributed by atoms with Gasteiger partial charge in [-0.3, -0.25) is 0 Å². The predicted molar refractivity (Wildman–Crippen MR) is 76.1 cm³/mol. The lowest BCUT2D eigenvalue weighted by molar-refractivity contribution is 0.0145. The fourth-order valence-corrected chi connectivity index (χ4v) is 3.44. The SMILES string of the molecule is COC1COCCc2c(I)ccc(I)c21. The van der Waals surface area contributed by atoms with Gasteiger partial charge in [0.25, 0.3) is 0 Å². The van der Waals surface area contributed by atoms with Crippen molar-refractivity contribution in [3.63, 3.8) is 0 Å². The molecule has 1 aliphatic heterocycles. The topological polar surface area (TPSA) is 18.5 Å². The molecule has 0 saturated heterocycles. The summed E-state index contributed by atoms with van der Waals surface area (Å²) in [6, 6.07) is 4.32. The Morgan fingerprint density at radius 1 is 1.33 bits per heavy atom. The van der Waals surface area contributed by atoms with Gasteiger partial charge in [-0.05, 0) is 69.3 Å². The summed E-state index contributed by atoms with van der Waals surface area (Å²) in [5.41, 5.74) is 2.72. The Hall–Kier alpha value is 0.600. The molecule has 0 amide bonds. The van der Waals surface area contributed by atoms with Crippen LogP contribution in [0.3, 0.4) is 0 Å². The summed E-state index contributed by atoms with van der Waals surface area (Å²) < 4.78 is 13.7. The highest BCUT2D eigenvalue weighted by atomic mass is 127. The first-order valence-electron chi connectivity index (χ1n) is 4.81. The second-order valence-electron chi connectivity index (χ2n) is 3.47. The van der Waals surface area contributed by atoms with Gasteiger partial charge < -0.3 is 9.47 Å². The minimum atomic E-state index is 0.0871. The van der Waals surface area contributed by atoms with Gasteiger partial charge in [-0.2, -0.15) is 0 Å². The molecular weight excluding hydrogens is 418 g/mol. The molecule has 0 aliphatic carbocycles. The average molecular weight is 430 g/mol. The Kier molecular flexibility index (Phi) is 4.25. The van der Waals surface area contributed by atoms with E-state index in [1.807, 2.05) is 0 Å². The fourth-order valence-electron chi connectivity index (χ4n) is 1.85. The smallest absolute Gasteiger partial charge is 0.107 e. The van der Waals surface area contributed by atoms with Gasteiger partial charge in [0.2, 0.25) is 0 Å². The summed E-state index contributed by atoms with van der Waals surface area (Å²) in [5.74, 6) is 0. The predicted octanol–water partition coefficient (Wildman–Crippen LogP) is 3.16. The van der Waals surface area contributed by atoms with Gasteiger partial charge in [0.1, 0.15) is 6.10 Å². The molecule has 0 saturated carbocycles. The quantitative estimate of drug-likeness (QED) is 0.638. The highest BCUT2D eigenvalue weighted by molar-refractivity contribution is 14.1. The van der Waals surface area contributed by atoms with Crippen LogP contribution in [0.25, 0.3) is 0 Å². The van der Waals surface area contributed by atoms with Crippen LogP contribution in [0.4, 0.5) is 0 Å². The van der Waals surface area contributed by atoms with Gasteiger partial charge in [-0.15, -0.1) is 0 Å². The van der Waals surface area contributed by atoms with E-state index in [0.29, 0.717) is 6.61 Å². The Morgan fingerprint density at radius 2 is 2.07 bits per heavy atom. The second-order valence-corrected chi connectivity index (χ2v) is 5.80. The third-order valence-corrected chi connectivity index (χ3v) is 4.57. The lowest BCUT2D eigenvalue weighted by atomic mass is 10.0. The summed E-state index contributed by atoms with van der Waals surface area (Å²) in [6.45, 7) is 1.46. The Bertz CT molecular complexity index is 366. The molecule has 0 bridgehead atoms. The van der Waals surface area contributed by atoms with Crippen LogP contribution < -0.4 is 0 Å². The summed E-state index contributed by atoms with van der Waals surface area (Å²) in [6.07, 6.45) is 1.08. The van der Waals surface area contributed by atoms with E-state index in [1.54, 1.807) is 7.11 Å². The molecule has 1 aromatic carbocycles. The van der Waals surface area contributed by atoms with Crippen molar-refractivity contribution in [1.29, 1.82) is 0 Å². The molecule has 0 aromatic heterocycles. The normalized spacial score (nSPS) is 20.9. The van der Waals surface area contributed by atoms with Crippen molar-refractivity contribution in [3.05, 3.63) is 30.4 Å². The van der Waals surface area contributed by atoms with E-state index in [4.69, 9.17) is 9.47 Å². The van der Waals surface area contributed by atoms with Gasteiger partial charge in [0, 0.05) is 19.8 Å². The number of hydrogen-bond acceptors (Lipinski definition) is 2. The second kappa shape index (κ2) is 5.29. The van der Waals surface area contributed by atoms with Gasteiger partial charge in [0.05, 0.1) is 13.2 Å². The summed E-state index contributed by atoms with van der Waals surface area (Å²) in [4.78, 5) is 0. The zero-order valence-corrected chi connectivity index (χ0v) is 12.7. The number of benzene rings is 1. The van der Waals surface area contributed by atoms with Crippen molar-refractivity contribution in [1.82, 2.24) is 0 Å². The van der Waals surface area contributed by atoms with E-state index >= 15 is 0 Å². The molecule has 4 heteroatoms. The minimum absolute atomic E-state index is 0.0871.